The van der Waals surface area contributed by atoms with Crippen molar-refractivity contribution in [3.05, 3.63) is 17.7 Å². The predicted molar refractivity (Wildman–Crippen MR) is 69.6 cm³/mol. The van der Waals surface area contributed by atoms with Crippen LogP contribution in [0.4, 0.5) is 0 Å². The summed E-state index contributed by atoms with van der Waals surface area (Å²) in [6.07, 6.45) is 0.841. The normalized spacial score (nSPS) is 20.8. The summed E-state index contributed by atoms with van der Waals surface area (Å²) < 4.78 is 33.8. The second-order valence-electron chi connectivity index (χ2n) is 4.71. The maximum atomic E-state index is 12.7. The summed E-state index contributed by atoms with van der Waals surface area (Å²) in [5.74, 6) is 0.345. The van der Waals surface area contributed by atoms with Crippen molar-refractivity contribution in [2.45, 2.75) is 17.9 Å². The summed E-state index contributed by atoms with van der Waals surface area (Å²) in [7, 11) is -1.91. The smallest absolute Gasteiger partial charge is 0.246 e. The third-order valence-electron chi connectivity index (χ3n) is 3.49. The monoisotopic (exact) mass is 313 g/mol. The Bertz CT molecular complexity index is 724. The van der Waals surface area contributed by atoms with Gasteiger partial charge in [0, 0.05) is 20.1 Å². The van der Waals surface area contributed by atoms with Gasteiger partial charge in [0.1, 0.15) is 11.0 Å². The van der Waals surface area contributed by atoms with Crippen molar-refractivity contribution in [3.63, 3.8) is 0 Å². The van der Waals surface area contributed by atoms with Crippen LogP contribution >= 0.6 is 0 Å². The third kappa shape index (κ3) is 2.43. The topological polar surface area (TPSA) is 119 Å². The summed E-state index contributed by atoms with van der Waals surface area (Å²) in [6.45, 7) is 2.43. The van der Waals surface area contributed by atoms with Crippen LogP contribution < -0.4 is 0 Å². The Labute approximate surface area is 121 Å². The van der Waals surface area contributed by atoms with E-state index < -0.39 is 16.1 Å². The lowest BCUT2D eigenvalue weighted by Crippen LogP contribution is -2.42. The quantitative estimate of drug-likeness (QED) is 0.772. The summed E-state index contributed by atoms with van der Waals surface area (Å²) in [6, 6.07) is 0. The summed E-state index contributed by atoms with van der Waals surface area (Å²) in [5.41, 5.74) is 0.595. The molecule has 21 heavy (non-hydrogen) atoms. The van der Waals surface area contributed by atoms with Crippen molar-refractivity contribution in [2.75, 3.05) is 19.7 Å². The maximum Gasteiger partial charge on any atom is 0.246 e. The molecule has 114 valence electrons. The first-order valence-electron chi connectivity index (χ1n) is 6.34. The highest BCUT2D eigenvalue weighted by Crippen LogP contribution is 2.25. The minimum Gasteiger partial charge on any atom is -0.367 e. The van der Waals surface area contributed by atoms with E-state index in [9.17, 15) is 8.42 Å². The van der Waals surface area contributed by atoms with Gasteiger partial charge < -0.3 is 4.74 Å². The third-order valence-corrected chi connectivity index (χ3v) is 5.46. The van der Waals surface area contributed by atoms with Crippen molar-refractivity contribution >= 4 is 10.0 Å². The SMILES string of the molecule is Cc1c(S(=O)(=O)N2CCOC(c3nn[nH]n3)C2)cnn1C. The number of aromatic nitrogens is 6. The molecule has 1 unspecified atom stereocenters. The molecule has 1 saturated heterocycles. The van der Waals surface area contributed by atoms with Crippen LogP contribution in [0.1, 0.15) is 17.6 Å². The van der Waals surface area contributed by atoms with Crippen LogP contribution in [0.25, 0.3) is 0 Å². The second-order valence-corrected chi connectivity index (χ2v) is 6.62. The van der Waals surface area contributed by atoms with E-state index in [4.69, 9.17) is 4.74 Å². The van der Waals surface area contributed by atoms with Crippen LogP contribution in [0.3, 0.4) is 0 Å². The highest BCUT2D eigenvalue weighted by atomic mass is 32.2. The molecule has 1 atom stereocenters. The zero-order valence-corrected chi connectivity index (χ0v) is 12.4. The van der Waals surface area contributed by atoms with Crippen LogP contribution in [-0.2, 0) is 21.8 Å². The van der Waals surface area contributed by atoms with Crippen molar-refractivity contribution in [1.29, 1.82) is 0 Å². The number of ether oxygens (including phenoxy) is 1. The molecule has 0 bridgehead atoms. The molecule has 0 amide bonds. The number of nitrogens with one attached hydrogen (secondary N) is 1. The maximum absolute atomic E-state index is 12.7. The van der Waals surface area contributed by atoms with Crippen LogP contribution in [0, 0.1) is 6.92 Å². The Hall–Kier alpha value is -1.85. The number of morpholine rings is 1. The summed E-state index contributed by atoms with van der Waals surface area (Å²) in [4.78, 5) is 0.207. The number of sulfonamides is 1. The molecule has 11 heteroatoms. The van der Waals surface area contributed by atoms with E-state index in [0.717, 1.165) is 0 Å². The van der Waals surface area contributed by atoms with Gasteiger partial charge in [-0.3, -0.25) is 4.68 Å². The van der Waals surface area contributed by atoms with Crippen molar-refractivity contribution < 1.29 is 13.2 Å². The van der Waals surface area contributed by atoms with Gasteiger partial charge in [-0.15, -0.1) is 10.2 Å². The number of hydrogen-bond acceptors (Lipinski definition) is 7. The average Bonchev–Trinajstić information content (AvgIpc) is 3.11. The molecule has 3 rings (SSSR count). The van der Waals surface area contributed by atoms with E-state index >= 15 is 0 Å². The second kappa shape index (κ2) is 5.16. The van der Waals surface area contributed by atoms with E-state index in [-0.39, 0.29) is 24.6 Å². The van der Waals surface area contributed by atoms with Crippen LogP contribution in [0.5, 0.6) is 0 Å². The van der Waals surface area contributed by atoms with Gasteiger partial charge in [-0.1, -0.05) is 5.21 Å². The number of aryl methyl sites for hydroxylation is 1. The minimum absolute atomic E-state index is 0.149. The number of aromatic amines is 1. The van der Waals surface area contributed by atoms with Gasteiger partial charge >= 0.3 is 0 Å². The molecule has 1 aliphatic rings. The van der Waals surface area contributed by atoms with Crippen molar-refractivity contribution in [3.8, 4) is 0 Å². The standard InChI is InChI=1S/C10H15N7O3S/c1-7-9(5-11-16(7)2)21(18,19)17-3-4-20-8(6-17)10-12-14-15-13-10/h5,8H,3-4,6H2,1-2H3,(H,12,13,14,15). The van der Waals surface area contributed by atoms with Crippen LogP contribution in [-0.4, -0.2) is 62.8 Å². The first-order chi connectivity index (χ1) is 10.00. The lowest BCUT2D eigenvalue weighted by Gasteiger charge is -2.30. The molecule has 1 fully saturated rings. The fraction of sp³-hybridized carbons (Fsp3) is 0.600. The van der Waals surface area contributed by atoms with Gasteiger partial charge in [-0.25, -0.2) is 8.42 Å². The molecule has 1 N–H and O–H groups in total. The largest absolute Gasteiger partial charge is 0.367 e. The number of H-pyrrole nitrogens is 1. The molecular weight excluding hydrogens is 298 g/mol. The predicted octanol–water partition coefficient (Wildman–Crippen LogP) is -0.996. The Kier molecular flexibility index (Phi) is 3.47. The molecule has 0 radical (unpaired) electrons. The van der Waals surface area contributed by atoms with Gasteiger partial charge in [0.15, 0.2) is 0 Å². The van der Waals surface area contributed by atoms with E-state index in [1.807, 2.05) is 0 Å². The van der Waals surface area contributed by atoms with Gasteiger partial charge in [0.2, 0.25) is 15.8 Å². The number of nitrogens with zero attached hydrogens (tertiary/aromatic N) is 6. The van der Waals surface area contributed by atoms with Crippen LogP contribution in [0.15, 0.2) is 11.1 Å². The molecule has 3 heterocycles. The van der Waals surface area contributed by atoms with E-state index in [1.165, 1.54) is 15.2 Å². The highest BCUT2D eigenvalue weighted by molar-refractivity contribution is 7.89. The van der Waals surface area contributed by atoms with Gasteiger partial charge in [-0.2, -0.15) is 14.6 Å². The summed E-state index contributed by atoms with van der Waals surface area (Å²) in [5, 5.41) is 17.5. The number of hydrogen-bond donors (Lipinski definition) is 1. The minimum atomic E-state index is -3.61. The van der Waals surface area contributed by atoms with Crippen molar-refractivity contribution in [1.82, 2.24) is 34.7 Å². The Balaban J connectivity index is 1.87. The zero-order chi connectivity index (χ0) is 15.0. The number of tetrazole rings is 1. The first kappa shape index (κ1) is 14.1. The first-order valence-corrected chi connectivity index (χ1v) is 7.78. The molecule has 0 aliphatic carbocycles. The fourth-order valence-electron chi connectivity index (χ4n) is 2.18. The molecular formula is C10H15N7O3S. The highest BCUT2D eigenvalue weighted by Gasteiger charge is 2.34. The van der Waals surface area contributed by atoms with E-state index in [2.05, 4.69) is 25.7 Å². The van der Waals surface area contributed by atoms with Gasteiger partial charge in [-0.05, 0) is 6.92 Å². The van der Waals surface area contributed by atoms with Gasteiger partial charge in [0.05, 0.1) is 18.5 Å². The summed E-state index contributed by atoms with van der Waals surface area (Å²) >= 11 is 0. The molecule has 0 saturated carbocycles. The van der Waals surface area contributed by atoms with Gasteiger partial charge in [0.25, 0.3) is 0 Å². The Morgan fingerprint density at radius 1 is 1.48 bits per heavy atom. The Morgan fingerprint density at radius 3 is 2.90 bits per heavy atom. The molecule has 0 spiro atoms. The lowest BCUT2D eigenvalue weighted by atomic mass is 10.3. The molecule has 2 aromatic rings. The van der Waals surface area contributed by atoms with E-state index in [0.29, 0.717) is 11.5 Å². The lowest BCUT2D eigenvalue weighted by molar-refractivity contribution is -0.00751. The van der Waals surface area contributed by atoms with Crippen LogP contribution in [0.2, 0.25) is 0 Å². The average molecular weight is 313 g/mol. The molecule has 10 nitrogen and oxygen atoms in total. The molecule has 2 aromatic heterocycles. The molecule has 1 aliphatic heterocycles. The fourth-order valence-corrected chi connectivity index (χ4v) is 3.79. The zero-order valence-electron chi connectivity index (χ0n) is 11.6. The number of rotatable bonds is 3. The molecule has 0 aromatic carbocycles. The Morgan fingerprint density at radius 2 is 2.29 bits per heavy atom. The van der Waals surface area contributed by atoms with E-state index in [1.54, 1.807) is 14.0 Å². The van der Waals surface area contributed by atoms with Crippen molar-refractivity contribution in [2.24, 2.45) is 7.05 Å².